The van der Waals surface area contributed by atoms with Crippen molar-refractivity contribution in [3.8, 4) is 0 Å². The molecule has 26 heavy (non-hydrogen) atoms. The highest BCUT2D eigenvalue weighted by Gasteiger charge is 2.37. The van der Waals surface area contributed by atoms with E-state index in [-0.39, 0.29) is 17.4 Å². The molecule has 0 radical (unpaired) electrons. The average molecular weight is 363 g/mol. The molecule has 1 saturated heterocycles. The molecule has 1 aromatic heterocycles. The van der Waals surface area contributed by atoms with Crippen molar-refractivity contribution in [3.05, 3.63) is 52.6 Å². The summed E-state index contributed by atoms with van der Waals surface area (Å²) in [4.78, 5) is 20.4. The van der Waals surface area contributed by atoms with Gasteiger partial charge in [0, 0.05) is 30.7 Å². The van der Waals surface area contributed by atoms with Gasteiger partial charge in [-0.2, -0.15) is 0 Å². The van der Waals surface area contributed by atoms with E-state index in [1.165, 1.54) is 0 Å². The Bertz CT molecular complexity index is 832. The van der Waals surface area contributed by atoms with Crippen molar-refractivity contribution in [2.75, 3.05) is 6.61 Å². The number of aromatic nitrogens is 2. The Morgan fingerprint density at radius 1 is 1.35 bits per heavy atom. The van der Waals surface area contributed by atoms with Crippen LogP contribution >= 0.6 is 0 Å². The van der Waals surface area contributed by atoms with Crippen molar-refractivity contribution in [1.82, 2.24) is 14.9 Å². The van der Waals surface area contributed by atoms with Gasteiger partial charge in [-0.15, -0.1) is 0 Å². The lowest BCUT2D eigenvalue weighted by molar-refractivity contribution is -0.0534. The molecule has 0 aliphatic carbocycles. The summed E-state index contributed by atoms with van der Waals surface area (Å²) < 4.78 is 33.2. The summed E-state index contributed by atoms with van der Waals surface area (Å²) in [5.41, 5.74) is 13.2. The number of rotatable bonds is 3. The van der Waals surface area contributed by atoms with Gasteiger partial charge < -0.3 is 21.2 Å². The van der Waals surface area contributed by atoms with E-state index in [1.807, 2.05) is 0 Å². The highest BCUT2D eigenvalue weighted by molar-refractivity contribution is 5.89. The minimum Gasteiger partial charge on any atom is -0.370 e. The smallest absolute Gasteiger partial charge is 0.284 e. The van der Waals surface area contributed by atoms with Crippen LogP contribution in [0.1, 0.15) is 40.1 Å². The zero-order chi connectivity index (χ0) is 18.4. The van der Waals surface area contributed by atoms with Crippen LogP contribution in [0.15, 0.2) is 18.2 Å². The molecule has 0 spiro atoms. The lowest BCUT2D eigenvalue weighted by Crippen LogP contribution is -2.47. The molecule has 0 bridgehead atoms. The third-order valence-electron chi connectivity index (χ3n) is 4.99. The van der Waals surface area contributed by atoms with Gasteiger partial charge in [-0.25, -0.2) is 13.8 Å². The maximum absolute atomic E-state index is 14.0. The lowest BCUT2D eigenvalue weighted by Gasteiger charge is -2.38. The van der Waals surface area contributed by atoms with Crippen molar-refractivity contribution in [2.24, 2.45) is 11.5 Å². The van der Waals surface area contributed by atoms with Crippen LogP contribution in [0.2, 0.25) is 0 Å². The number of hydrogen-bond acceptors (Lipinski definition) is 5. The van der Waals surface area contributed by atoms with Gasteiger partial charge in [0.25, 0.3) is 5.91 Å². The number of hydrogen-bond donors (Lipinski definition) is 3. The van der Waals surface area contributed by atoms with E-state index < -0.39 is 29.7 Å². The van der Waals surface area contributed by atoms with Crippen molar-refractivity contribution < 1.29 is 18.3 Å². The van der Waals surface area contributed by atoms with E-state index in [9.17, 15) is 13.6 Å². The SMILES string of the molecule is NC(=O)c1nc2c([nH]1)CN(C1CO[C@H](c3cc(F)ccc3F)C(N)C1)C2. The summed E-state index contributed by atoms with van der Waals surface area (Å²) >= 11 is 0. The van der Waals surface area contributed by atoms with Crippen LogP contribution in [0.4, 0.5) is 8.78 Å². The first kappa shape index (κ1) is 17.1. The van der Waals surface area contributed by atoms with Gasteiger partial charge in [0.05, 0.1) is 18.0 Å². The Morgan fingerprint density at radius 3 is 2.85 bits per heavy atom. The fraction of sp³-hybridized carbons (Fsp3) is 0.412. The second kappa shape index (κ2) is 6.42. The molecule has 1 fully saturated rings. The Hall–Kier alpha value is -2.36. The average Bonchev–Trinajstić information content (AvgIpc) is 3.16. The molecule has 2 aliphatic rings. The summed E-state index contributed by atoms with van der Waals surface area (Å²) in [7, 11) is 0. The van der Waals surface area contributed by atoms with Crippen LogP contribution in [0.25, 0.3) is 0 Å². The molecular weight excluding hydrogens is 344 g/mol. The fourth-order valence-electron chi connectivity index (χ4n) is 3.68. The van der Waals surface area contributed by atoms with Crippen LogP contribution in [0.3, 0.4) is 0 Å². The van der Waals surface area contributed by atoms with Crippen LogP contribution in [0.5, 0.6) is 0 Å². The minimum atomic E-state index is -0.679. The Labute approximate surface area is 148 Å². The van der Waals surface area contributed by atoms with Gasteiger partial charge in [0.1, 0.15) is 17.7 Å². The minimum absolute atomic E-state index is 0.0255. The van der Waals surface area contributed by atoms with Gasteiger partial charge in [-0.3, -0.25) is 9.69 Å². The van der Waals surface area contributed by atoms with E-state index in [0.717, 1.165) is 29.6 Å². The molecule has 2 aliphatic heterocycles. The summed E-state index contributed by atoms with van der Waals surface area (Å²) in [6.45, 7) is 1.48. The lowest BCUT2D eigenvalue weighted by atomic mass is 9.93. The molecule has 138 valence electrons. The van der Waals surface area contributed by atoms with Gasteiger partial charge in [0.2, 0.25) is 0 Å². The molecular formula is C17H19F2N5O2. The molecule has 0 saturated carbocycles. The number of nitrogens with one attached hydrogen (secondary N) is 1. The zero-order valence-electron chi connectivity index (χ0n) is 13.9. The van der Waals surface area contributed by atoms with Gasteiger partial charge >= 0.3 is 0 Å². The predicted molar refractivity (Wildman–Crippen MR) is 87.8 cm³/mol. The Kier molecular flexibility index (Phi) is 4.22. The predicted octanol–water partition coefficient (Wildman–Crippen LogP) is 0.960. The number of aromatic amines is 1. The molecule has 2 aromatic rings. The molecule has 4 rings (SSSR count). The van der Waals surface area contributed by atoms with Crippen LogP contribution in [0, 0.1) is 11.6 Å². The molecule has 5 N–H and O–H groups in total. The fourth-order valence-corrected chi connectivity index (χ4v) is 3.68. The van der Waals surface area contributed by atoms with Crippen LogP contribution in [-0.2, 0) is 17.8 Å². The number of H-pyrrole nitrogens is 1. The van der Waals surface area contributed by atoms with E-state index in [1.54, 1.807) is 0 Å². The molecule has 2 unspecified atom stereocenters. The number of fused-ring (bicyclic) bond motifs is 1. The van der Waals surface area contributed by atoms with E-state index in [2.05, 4.69) is 14.9 Å². The van der Waals surface area contributed by atoms with Crippen LogP contribution in [-0.4, -0.2) is 39.5 Å². The van der Waals surface area contributed by atoms with E-state index >= 15 is 0 Å². The zero-order valence-corrected chi connectivity index (χ0v) is 13.9. The molecule has 3 atom stereocenters. The molecule has 7 nitrogen and oxygen atoms in total. The van der Waals surface area contributed by atoms with E-state index in [0.29, 0.717) is 26.1 Å². The van der Waals surface area contributed by atoms with Gasteiger partial charge in [0.15, 0.2) is 5.82 Å². The maximum Gasteiger partial charge on any atom is 0.284 e. The van der Waals surface area contributed by atoms with Gasteiger partial charge in [-0.05, 0) is 24.6 Å². The van der Waals surface area contributed by atoms with Crippen LogP contribution < -0.4 is 11.5 Å². The quantitative estimate of drug-likeness (QED) is 0.752. The molecule has 9 heteroatoms. The first-order valence-corrected chi connectivity index (χ1v) is 8.36. The Balaban J connectivity index is 1.44. The van der Waals surface area contributed by atoms with E-state index in [4.69, 9.17) is 16.2 Å². The topological polar surface area (TPSA) is 110 Å². The highest BCUT2D eigenvalue weighted by Crippen LogP contribution is 2.33. The normalized spacial score (nSPS) is 26.0. The second-order valence-electron chi connectivity index (χ2n) is 6.75. The number of nitrogens with zero attached hydrogens (tertiary/aromatic N) is 2. The number of primary amides is 1. The number of halogens is 2. The Morgan fingerprint density at radius 2 is 2.15 bits per heavy atom. The highest BCUT2D eigenvalue weighted by atomic mass is 19.1. The number of ether oxygens (including phenoxy) is 1. The molecule has 1 amide bonds. The number of benzene rings is 1. The third kappa shape index (κ3) is 2.98. The summed E-state index contributed by atoms with van der Waals surface area (Å²) in [5.74, 6) is -1.47. The number of imidazole rings is 1. The summed E-state index contributed by atoms with van der Waals surface area (Å²) in [6.07, 6.45) is -0.102. The van der Waals surface area contributed by atoms with Crippen molar-refractivity contribution in [2.45, 2.75) is 37.7 Å². The number of amides is 1. The molecule has 3 heterocycles. The van der Waals surface area contributed by atoms with Crippen molar-refractivity contribution in [1.29, 1.82) is 0 Å². The monoisotopic (exact) mass is 363 g/mol. The van der Waals surface area contributed by atoms with Gasteiger partial charge in [-0.1, -0.05) is 0 Å². The first-order chi connectivity index (χ1) is 12.4. The number of carbonyl (C=O) groups excluding carboxylic acids is 1. The third-order valence-corrected chi connectivity index (χ3v) is 4.99. The maximum atomic E-state index is 14.0. The summed E-state index contributed by atoms with van der Waals surface area (Å²) in [6, 6.07) is 2.86. The summed E-state index contributed by atoms with van der Waals surface area (Å²) in [5, 5.41) is 0. The largest absolute Gasteiger partial charge is 0.370 e. The standard InChI is InChI=1S/C17H19F2N5O2/c18-8-1-2-11(19)10(3-8)15-12(20)4-9(7-26-15)24-5-13-14(6-24)23-17(22-13)16(21)25/h1-3,9,12,15H,4-7,20H2,(H2,21,25)(H,22,23)/t9?,12?,15-/m1/s1. The molecule has 1 aromatic carbocycles. The first-order valence-electron chi connectivity index (χ1n) is 8.36. The second-order valence-corrected chi connectivity index (χ2v) is 6.75. The number of carbonyl (C=O) groups is 1. The van der Waals surface area contributed by atoms with Crippen molar-refractivity contribution in [3.63, 3.8) is 0 Å². The number of nitrogens with two attached hydrogens (primary N) is 2. The van der Waals surface area contributed by atoms with Crippen molar-refractivity contribution >= 4 is 5.91 Å².